The third-order valence-corrected chi connectivity index (χ3v) is 4.49. The zero-order valence-corrected chi connectivity index (χ0v) is 10.2. The lowest BCUT2D eigenvalue weighted by Crippen LogP contribution is -2.26. The highest BCUT2D eigenvalue weighted by atomic mass is 79.9. The Hall–Kier alpha value is 0.130. The SMILES string of the molecule is Brc1ccc(N2CSCSC2)nc1. The van der Waals surface area contributed by atoms with Crippen molar-refractivity contribution in [3.63, 3.8) is 0 Å². The van der Waals surface area contributed by atoms with Crippen molar-refractivity contribution in [3.05, 3.63) is 22.8 Å². The molecular formula is C8H9BrN2S2. The standard InChI is InChI=1S/C8H9BrN2S2/c9-7-1-2-8(10-3-7)11-4-12-6-13-5-11/h1-3H,4-6H2. The first-order chi connectivity index (χ1) is 6.36. The number of pyridine rings is 1. The molecule has 0 aliphatic carbocycles. The van der Waals surface area contributed by atoms with Crippen LogP contribution in [0.25, 0.3) is 0 Å². The predicted octanol–water partition coefficient (Wildman–Crippen LogP) is 3.00. The van der Waals surface area contributed by atoms with Gasteiger partial charge in [-0.3, -0.25) is 0 Å². The van der Waals surface area contributed by atoms with Crippen LogP contribution in [-0.2, 0) is 0 Å². The first-order valence-electron chi connectivity index (χ1n) is 3.88. The molecule has 0 unspecified atom stereocenters. The third-order valence-electron chi connectivity index (χ3n) is 1.70. The summed E-state index contributed by atoms with van der Waals surface area (Å²) in [4.78, 5) is 6.64. The van der Waals surface area contributed by atoms with E-state index in [4.69, 9.17) is 0 Å². The molecule has 0 amide bonds. The molecule has 13 heavy (non-hydrogen) atoms. The van der Waals surface area contributed by atoms with Crippen LogP contribution in [-0.4, -0.2) is 21.8 Å². The van der Waals surface area contributed by atoms with Crippen molar-refractivity contribution in [2.24, 2.45) is 0 Å². The van der Waals surface area contributed by atoms with Crippen LogP contribution in [0.1, 0.15) is 0 Å². The molecule has 1 aliphatic heterocycles. The van der Waals surface area contributed by atoms with Gasteiger partial charge in [-0.2, -0.15) is 0 Å². The quantitative estimate of drug-likeness (QED) is 0.784. The number of hydrogen-bond donors (Lipinski definition) is 0. The highest BCUT2D eigenvalue weighted by Crippen LogP contribution is 2.26. The second-order valence-corrected chi connectivity index (χ2v) is 5.85. The maximum atomic E-state index is 4.35. The van der Waals surface area contributed by atoms with Gasteiger partial charge in [-0.1, -0.05) is 0 Å². The Morgan fingerprint density at radius 2 is 2.08 bits per heavy atom. The van der Waals surface area contributed by atoms with Crippen LogP contribution >= 0.6 is 39.5 Å². The summed E-state index contributed by atoms with van der Waals surface area (Å²) in [6.07, 6.45) is 1.85. The first kappa shape index (κ1) is 9.68. The summed E-state index contributed by atoms with van der Waals surface area (Å²) in [5, 5.41) is 1.20. The van der Waals surface area contributed by atoms with Crippen LogP contribution < -0.4 is 4.90 Å². The van der Waals surface area contributed by atoms with Gasteiger partial charge in [-0.05, 0) is 28.1 Å². The lowest BCUT2D eigenvalue weighted by molar-refractivity contribution is 1.01. The average molecular weight is 277 g/mol. The number of anilines is 1. The van der Waals surface area contributed by atoms with E-state index in [2.05, 4.69) is 31.9 Å². The van der Waals surface area contributed by atoms with Gasteiger partial charge in [0.1, 0.15) is 5.82 Å². The molecule has 0 saturated carbocycles. The lowest BCUT2D eigenvalue weighted by atomic mass is 10.4. The molecule has 0 spiro atoms. The second kappa shape index (κ2) is 4.57. The molecule has 2 nitrogen and oxygen atoms in total. The molecule has 1 aliphatic rings. The third kappa shape index (κ3) is 2.54. The number of nitrogens with zero attached hydrogens (tertiary/aromatic N) is 2. The minimum absolute atomic E-state index is 1.04. The van der Waals surface area contributed by atoms with E-state index >= 15 is 0 Å². The van der Waals surface area contributed by atoms with E-state index in [1.807, 2.05) is 35.8 Å². The maximum Gasteiger partial charge on any atom is 0.129 e. The van der Waals surface area contributed by atoms with E-state index in [-0.39, 0.29) is 0 Å². The summed E-state index contributed by atoms with van der Waals surface area (Å²) in [7, 11) is 0. The largest absolute Gasteiger partial charge is 0.338 e. The Morgan fingerprint density at radius 3 is 2.69 bits per heavy atom. The molecule has 2 rings (SSSR count). The van der Waals surface area contributed by atoms with Crippen LogP contribution in [0, 0.1) is 0 Å². The summed E-state index contributed by atoms with van der Waals surface area (Å²) >= 11 is 7.26. The summed E-state index contributed by atoms with van der Waals surface area (Å²) in [5.74, 6) is 3.19. The molecule has 1 aromatic heterocycles. The fraction of sp³-hybridized carbons (Fsp3) is 0.375. The average Bonchev–Trinajstić information content (AvgIpc) is 2.20. The highest BCUT2D eigenvalue weighted by Gasteiger charge is 2.11. The number of rotatable bonds is 1. The van der Waals surface area contributed by atoms with Crippen molar-refractivity contribution >= 4 is 45.3 Å². The van der Waals surface area contributed by atoms with Gasteiger partial charge in [0.25, 0.3) is 0 Å². The molecule has 1 saturated heterocycles. The molecule has 0 bridgehead atoms. The zero-order chi connectivity index (χ0) is 9.10. The van der Waals surface area contributed by atoms with Crippen molar-refractivity contribution in [2.75, 3.05) is 21.7 Å². The van der Waals surface area contributed by atoms with Crippen molar-refractivity contribution in [1.29, 1.82) is 0 Å². The molecule has 0 radical (unpaired) electrons. The topological polar surface area (TPSA) is 16.1 Å². The fourth-order valence-corrected chi connectivity index (χ4v) is 3.38. The summed E-state index contributed by atoms with van der Waals surface area (Å²) in [6, 6.07) is 4.09. The van der Waals surface area contributed by atoms with Crippen molar-refractivity contribution in [3.8, 4) is 0 Å². The Labute approximate surface area is 94.6 Å². The van der Waals surface area contributed by atoms with Gasteiger partial charge in [-0.15, -0.1) is 23.5 Å². The lowest BCUT2D eigenvalue weighted by Gasteiger charge is -2.26. The molecule has 1 aromatic rings. The Balaban J connectivity index is 2.10. The van der Waals surface area contributed by atoms with E-state index in [1.54, 1.807) is 0 Å². The number of halogens is 1. The van der Waals surface area contributed by atoms with E-state index in [0.717, 1.165) is 22.0 Å². The molecule has 2 heterocycles. The zero-order valence-electron chi connectivity index (χ0n) is 6.94. The minimum Gasteiger partial charge on any atom is -0.338 e. The van der Waals surface area contributed by atoms with E-state index < -0.39 is 0 Å². The van der Waals surface area contributed by atoms with Crippen LogP contribution in [0.5, 0.6) is 0 Å². The molecular weight excluding hydrogens is 268 g/mol. The Morgan fingerprint density at radius 1 is 1.31 bits per heavy atom. The molecule has 0 atom stereocenters. The Kier molecular flexibility index (Phi) is 3.40. The van der Waals surface area contributed by atoms with E-state index in [1.165, 1.54) is 5.08 Å². The van der Waals surface area contributed by atoms with Crippen molar-refractivity contribution in [1.82, 2.24) is 4.98 Å². The van der Waals surface area contributed by atoms with Gasteiger partial charge in [0.15, 0.2) is 0 Å². The normalized spacial score (nSPS) is 17.5. The van der Waals surface area contributed by atoms with Crippen LogP contribution in [0.2, 0.25) is 0 Å². The minimum atomic E-state index is 1.04. The molecule has 70 valence electrons. The smallest absolute Gasteiger partial charge is 0.129 e. The van der Waals surface area contributed by atoms with Crippen molar-refractivity contribution in [2.45, 2.75) is 0 Å². The summed E-state index contributed by atoms with van der Waals surface area (Å²) in [5.41, 5.74) is 0. The van der Waals surface area contributed by atoms with Gasteiger partial charge < -0.3 is 4.90 Å². The number of thioether (sulfide) groups is 2. The van der Waals surface area contributed by atoms with Gasteiger partial charge in [-0.25, -0.2) is 4.98 Å². The Bertz CT molecular complexity index is 272. The molecule has 0 N–H and O–H groups in total. The first-order valence-corrected chi connectivity index (χ1v) is 6.98. The summed E-state index contributed by atoms with van der Waals surface area (Å²) < 4.78 is 1.04. The van der Waals surface area contributed by atoms with Crippen molar-refractivity contribution < 1.29 is 0 Å². The van der Waals surface area contributed by atoms with Gasteiger partial charge in [0, 0.05) is 15.8 Å². The van der Waals surface area contributed by atoms with E-state index in [9.17, 15) is 0 Å². The van der Waals surface area contributed by atoms with Crippen LogP contribution in [0.3, 0.4) is 0 Å². The van der Waals surface area contributed by atoms with Gasteiger partial charge >= 0.3 is 0 Å². The fourth-order valence-electron chi connectivity index (χ4n) is 1.08. The number of aromatic nitrogens is 1. The maximum absolute atomic E-state index is 4.35. The van der Waals surface area contributed by atoms with Gasteiger partial charge in [0.05, 0.1) is 11.8 Å². The number of hydrogen-bond acceptors (Lipinski definition) is 4. The molecule has 1 fully saturated rings. The highest BCUT2D eigenvalue weighted by molar-refractivity contribution is 9.10. The molecule has 0 aromatic carbocycles. The monoisotopic (exact) mass is 276 g/mol. The van der Waals surface area contributed by atoms with Crippen LogP contribution in [0.4, 0.5) is 5.82 Å². The predicted molar refractivity (Wildman–Crippen MR) is 64.2 cm³/mol. The van der Waals surface area contributed by atoms with Gasteiger partial charge in [0.2, 0.25) is 0 Å². The second-order valence-electron chi connectivity index (χ2n) is 2.66. The van der Waals surface area contributed by atoms with E-state index in [0.29, 0.717) is 0 Å². The molecule has 5 heteroatoms. The van der Waals surface area contributed by atoms with Crippen LogP contribution in [0.15, 0.2) is 22.8 Å². The summed E-state index contributed by atoms with van der Waals surface area (Å²) in [6.45, 7) is 0.